The van der Waals surface area contributed by atoms with Crippen molar-refractivity contribution in [2.24, 2.45) is 0 Å². The largest absolute Gasteiger partial charge is 0.384 e. The number of nitrogens with zero attached hydrogens (tertiary/aromatic N) is 1. The van der Waals surface area contributed by atoms with Crippen LogP contribution in [0.15, 0.2) is 5.38 Å². The number of carbonyl (C=O) groups is 1. The fourth-order valence-electron chi connectivity index (χ4n) is 0.794. The zero-order valence-corrected chi connectivity index (χ0v) is 8.39. The van der Waals surface area contributed by atoms with Gasteiger partial charge in [0.25, 0.3) is 0 Å². The average molecular weight is 200 g/mol. The molecule has 0 spiro atoms. The molecule has 1 heterocycles. The van der Waals surface area contributed by atoms with Crippen LogP contribution in [0.1, 0.15) is 17.6 Å². The van der Waals surface area contributed by atoms with Gasteiger partial charge in [0.05, 0.1) is 6.54 Å². The lowest BCUT2D eigenvalue weighted by molar-refractivity contribution is -0.128. The van der Waals surface area contributed by atoms with Crippen LogP contribution in [0.3, 0.4) is 0 Å². The van der Waals surface area contributed by atoms with Crippen LogP contribution in [0.25, 0.3) is 0 Å². The van der Waals surface area contributed by atoms with E-state index in [1.54, 1.807) is 0 Å². The number of hydrogen-bond donors (Lipinski definition) is 2. The van der Waals surface area contributed by atoms with E-state index < -0.39 is 6.10 Å². The van der Waals surface area contributed by atoms with Crippen LogP contribution < -0.4 is 5.32 Å². The highest BCUT2D eigenvalue weighted by atomic mass is 32.1. The molecule has 4 nitrogen and oxygen atoms in total. The van der Waals surface area contributed by atoms with Crippen LogP contribution in [-0.2, 0) is 11.3 Å². The first-order valence-corrected chi connectivity index (χ1v) is 4.84. The number of rotatable bonds is 3. The SMILES string of the molecule is Cc1csc(CNC(=O)[C@@H](C)O)n1. The first-order chi connectivity index (χ1) is 6.09. The van der Waals surface area contributed by atoms with Crippen molar-refractivity contribution >= 4 is 17.2 Å². The van der Waals surface area contributed by atoms with Gasteiger partial charge < -0.3 is 10.4 Å². The number of hydrogen-bond acceptors (Lipinski definition) is 4. The van der Waals surface area contributed by atoms with Crippen molar-refractivity contribution in [1.82, 2.24) is 10.3 Å². The second kappa shape index (κ2) is 4.34. The van der Waals surface area contributed by atoms with E-state index in [9.17, 15) is 4.79 Å². The molecule has 1 amide bonds. The number of amides is 1. The summed E-state index contributed by atoms with van der Waals surface area (Å²) < 4.78 is 0. The molecule has 0 saturated heterocycles. The number of aromatic nitrogens is 1. The molecule has 1 rings (SSSR count). The lowest BCUT2D eigenvalue weighted by Gasteiger charge is -2.04. The van der Waals surface area contributed by atoms with E-state index in [1.807, 2.05) is 12.3 Å². The Morgan fingerprint density at radius 2 is 2.54 bits per heavy atom. The lowest BCUT2D eigenvalue weighted by atomic mass is 10.4. The highest BCUT2D eigenvalue weighted by Crippen LogP contribution is 2.07. The normalized spacial score (nSPS) is 12.5. The molecule has 5 heteroatoms. The third-order valence-electron chi connectivity index (χ3n) is 1.46. The van der Waals surface area contributed by atoms with Crippen molar-refractivity contribution in [3.8, 4) is 0 Å². The first-order valence-electron chi connectivity index (χ1n) is 3.96. The van der Waals surface area contributed by atoms with Gasteiger partial charge in [0, 0.05) is 11.1 Å². The average Bonchev–Trinajstić information content (AvgIpc) is 2.47. The van der Waals surface area contributed by atoms with Crippen molar-refractivity contribution < 1.29 is 9.90 Å². The van der Waals surface area contributed by atoms with Crippen LogP contribution in [0, 0.1) is 6.92 Å². The molecule has 72 valence electrons. The molecule has 0 saturated carbocycles. The third-order valence-corrected chi connectivity index (χ3v) is 2.43. The summed E-state index contributed by atoms with van der Waals surface area (Å²) in [5, 5.41) is 14.2. The zero-order chi connectivity index (χ0) is 9.84. The summed E-state index contributed by atoms with van der Waals surface area (Å²) in [6.45, 7) is 3.72. The number of thiazole rings is 1. The van der Waals surface area contributed by atoms with Gasteiger partial charge in [0.2, 0.25) is 5.91 Å². The summed E-state index contributed by atoms with van der Waals surface area (Å²) in [6.07, 6.45) is -0.957. The Labute approximate surface area is 80.6 Å². The van der Waals surface area contributed by atoms with E-state index in [0.717, 1.165) is 10.7 Å². The van der Waals surface area contributed by atoms with E-state index in [4.69, 9.17) is 5.11 Å². The summed E-state index contributed by atoms with van der Waals surface area (Å²) in [5.41, 5.74) is 0.950. The van der Waals surface area contributed by atoms with Crippen LogP contribution in [-0.4, -0.2) is 22.1 Å². The fraction of sp³-hybridized carbons (Fsp3) is 0.500. The highest BCUT2D eigenvalue weighted by molar-refractivity contribution is 7.09. The zero-order valence-electron chi connectivity index (χ0n) is 7.57. The summed E-state index contributed by atoms with van der Waals surface area (Å²) in [5.74, 6) is -0.368. The fourth-order valence-corrected chi connectivity index (χ4v) is 1.51. The Morgan fingerprint density at radius 3 is 3.00 bits per heavy atom. The molecule has 13 heavy (non-hydrogen) atoms. The molecule has 0 radical (unpaired) electrons. The number of aliphatic hydroxyl groups is 1. The smallest absolute Gasteiger partial charge is 0.248 e. The van der Waals surface area contributed by atoms with Gasteiger partial charge in [-0.2, -0.15) is 0 Å². The van der Waals surface area contributed by atoms with E-state index in [-0.39, 0.29) is 5.91 Å². The van der Waals surface area contributed by atoms with Gasteiger partial charge in [0.15, 0.2) is 0 Å². The highest BCUT2D eigenvalue weighted by Gasteiger charge is 2.08. The molecule has 0 aromatic carbocycles. The summed E-state index contributed by atoms with van der Waals surface area (Å²) >= 11 is 1.50. The van der Waals surface area contributed by atoms with Gasteiger partial charge in [0.1, 0.15) is 11.1 Å². The molecule has 0 bridgehead atoms. The van der Waals surface area contributed by atoms with E-state index in [2.05, 4.69) is 10.3 Å². The van der Waals surface area contributed by atoms with Crippen molar-refractivity contribution in [3.05, 3.63) is 16.1 Å². The van der Waals surface area contributed by atoms with Crippen molar-refractivity contribution in [3.63, 3.8) is 0 Å². The number of carbonyl (C=O) groups excluding carboxylic acids is 1. The Kier molecular flexibility index (Phi) is 3.39. The molecule has 0 aliphatic rings. The van der Waals surface area contributed by atoms with Crippen LogP contribution >= 0.6 is 11.3 Å². The maximum Gasteiger partial charge on any atom is 0.248 e. The summed E-state index contributed by atoms with van der Waals surface area (Å²) in [6, 6.07) is 0. The lowest BCUT2D eigenvalue weighted by Crippen LogP contribution is -2.31. The Bertz CT molecular complexity index is 296. The predicted molar refractivity (Wildman–Crippen MR) is 50.4 cm³/mol. The molecule has 1 aromatic rings. The number of aliphatic hydroxyl groups excluding tert-OH is 1. The molecule has 1 atom stereocenters. The quantitative estimate of drug-likeness (QED) is 0.744. The second-order valence-electron chi connectivity index (χ2n) is 2.78. The minimum Gasteiger partial charge on any atom is -0.384 e. The first kappa shape index (κ1) is 10.1. The minimum absolute atomic E-state index is 0.368. The third kappa shape index (κ3) is 3.12. The monoisotopic (exact) mass is 200 g/mol. The van der Waals surface area contributed by atoms with E-state index in [0.29, 0.717) is 6.54 Å². The summed E-state index contributed by atoms with van der Waals surface area (Å²) in [4.78, 5) is 15.1. The Morgan fingerprint density at radius 1 is 1.85 bits per heavy atom. The number of aryl methyl sites for hydroxylation is 1. The van der Waals surface area contributed by atoms with Gasteiger partial charge >= 0.3 is 0 Å². The molecule has 0 aliphatic heterocycles. The van der Waals surface area contributed by atoms with Crippen LogP contribution in [0.5, 0.6) is 0 Å². The Hall–Kier alpha value is -0.940. The van der Waals surface area contributed by atoms with Gasteiger partial charge in [-0.1, -0.05) is 0 Å². The molecule has 0 unspecified atom stereocenters. The molecule has 0 aliphatic carbocycles. The standard InChI is InChI=1S/C8H12N2O2S/c1-5-4-13-7(10-5)3-9-8(12)6(2)11/h4,6,11H,3H2,1-2H3,(H,9,12)/t6-/m1/s1. The maximum absolute atomic E-state index is 10.9. The van der Waals surface area contributed by atoms with Gasteiger partial charge in [-0.3, -0.25) is 4.79 Å². The molecular formula is C8H12N2O2S. The molecular weight excluding hydrogens is 188 g/mol. The Balaban J connectivity index is 2.39. The molecule has 1 aromatic heterocycles. The molecule has 0 fully saturated rings. The van der Waals surface area contributed by atoms with Gasteiger partial charge in [-0.25, -0.2) is 4.98 Å². The van der Waals surface area contributed by atoms with E-state index in [1.165, 1.54) is 18.3 Å². The van der Waals surface area contributed by atoms with Gasteiger partial charge in [-0.15, -0.1) is 11.3 Å². The maximum atomic E-state index is 10.9. The molecule has 2 N–H and O–H groups in total. The second-order valence-corrected chi connectivity index (χ2v) is 3.72. The minimum atomic E-state index is -0.957. The van der Waals surface area contributed by atoms with Crippen LogP contribution in [0.2, 0.25) is 0 Å². The van der Waals surface area contributed by atoms with Crippen molar-refractivity contribution in [1.29, 1.82) is 0 Å². The number of nitrogens with one attached hydrogen (secondary N) is 1. The van der Waals surface area contributed by atoms with Crippen LogP contribution in [0.4, 0.5) is 0 Å². The van der Waals surface area contributed by atoms with Crippen molar-refractivity contribution in [2.45, 2.75) is 26.5 Å². The van der Waals surface area contributed by atoms with Gasteiger partial charge in [-0.05, 0) is 13.8 Å². The summed E-state index contributed by atoms with van der Waals surface area (Å²) in [7, 11) is 0. The van der Waals surface area contributed by atoms with E-state index >= 15 is 0 Å². The van der Waals surface area contributed by atoms with Crippen molar-refractivity contribution in [2.75, 3.05) is 0 Å². The predicted octanol–water partition coefficient (Wildman–Crippen LogP) is 0.449. The topological polar surface area (TPSA) is 62.2 Å².